The molecule has 5 aromatic rings. The van der Waals surface area contributed by atoms with Gasteiger partial charge in [0.15, 0.2) is 0 Å². The second kappa shape index (κ2) is 7.82. The van der Waals surface area contributed by atoms with Gasteiger partial charge in [-0.15, -0.1) is 11.8 Å². The van der Waals surface area contributed by atoms with E-state index in [9.17, 15) is 0 Å². The van der Waals surface area contributed by atoms with Crippen LogP contribution in [0.1, 0.15) is 16.7 Å². The van der Waals surface area contributed by atoms with E-state index in [1.54, 1.807) is 0 Å². The summed E-state index contributed by atoms with van der Waals surface area (Å²) in [5.41, 5.74) is 5.64. The lowest BCUT2D eigenvalue weighted by Crippen LogP contribution is -2.25. The van der Waals surface area contributed by atoms with Crippen molar-refractivity contribution in [2.75, 3.05) is 0 Å². The molecule has 0 unspecified atom stereocenters. The van der Waals surface area contributed by atoms with Crippen LogP contribution in [0.15, 0.2) is 114 Å². The van der Waals surface area contributed by atoms with E-state index < -0.39 is 0 Å². The zero-order valence-corrected chi connectivity index (χ0v) is 17.2. The lowest BCUT2D eigenvalue weighted by molar-refractivity contribution is 0.894. The summed E-state index contributed by atoms with van der Waals surface area (Å²) in [6, 6.07) is 38.6. The molecule has 0 radical (unpaired) electrons. The van der Waals surface area contributed by atoms with Crippen molar-refractivity contribution in [3.05, 3.63) is 126 Å². The predicted molar refractivity (Wildman–Crippen MR) is 122 cm³/mol. The summed E-state index contributed by atoms with van der Waals surface area (Å²) in [7, 11) is 0. The fourth-order valence-corrected chi connectivity index (χ4v) is 5.64. The molecule has 4 heteroatoms. The molecule has 0 N–H and O–H groups in total. The molecule has 0 aliphatic rings. The molecule has 1 heterocycles. The maximum Gasteiger partial charge on any atom is 0.105 e. The van der Waals surface area contributed by atoms with Gasteiger partial charge in [0, 0.05) is 4.90 Å². The standard InChI is InChI=1S/C25H18N2S2/c1-4-10-19(11-5-1)25(20-12-6-2-7-13-20,21-14-8-3-9-15-21)28-22-16-17-23-24(18-22)27-29-26-23/h1-18H. The number of thioether (sulfide) groups is 1. The summed E-state index contributed by atoms with van der Waals surface area (Å²) in [4.78, 5) is 1.17. The van der Waals surface area contributed by atoms with Crippen molar-refractivity contribution in [1.82, 2.24) is 8.75 Å². The Hall–Kier alpha value is -2.95. The van der Waals surface area contributed by atoms with Crippen LogP contribution in [0.4, 0.5) is 0 Å². The van der Waals surface area contributed by atoms with E-state index >= 15 is 0 Å². The van der Waals surface area contributed by atoms with Crippen LogP contribution in [-0.4, -0.2) is 8.75 Å². The lowest BCUT2D eigenvalue weighted by atomic mass is 9.84. The van der Waals surface area contributed by atoms with Gasteiger partial charge in [-0.2, -0.15) is 8.75 Å². The van der Waals surface area contributed by atoms with Crippen molar-refractivity contribution in [3.8, 4) is 0 Å². The van der Waals surface area contributed by atoms with Gasteiger partial charge >= 0.3 is 0 Å². The average Bonchev–Trinajstić information content (AvgIpc) is 3.27. The largest absolute Gasteiger partial charge is 0.173 e. The molecule has 4 aromatic carbocycles. The lowest BCUT2D eigenvalue weighted by Gasteiger charge is -2.35. The fourth-order valence-electron chi connectivity index (χ4n) is 3.70. The third-order valence-corrected chi connectivity index (χ3v) is 7.10. The Bertz CT molecular complexity index is 1120. The summed E-state index contributed by atoms with van der Waals surface area (Å²) < 4.78 is 8.42. The van der Waals surface area contributed by atoms with Gasteiger partial charge in [-0.25, -0.2) is 0 Å². The third kappa shape index (κ3) is 3.35. The van der Waals surface area contributed by atoms with E-state index in [2.05, 4.69) is 118 Å². The smallest absolute Gasteiger partial charge is 0.105 e. The highest BCUT2D eigenvalue weighted by molar-refractivity contribution is 8.00. The van der Waals surface area contributed by atoms with Gasteiger partial charge < -0.3 is 0 Å². The number of fused-ring (bicyclic) bond motifs is 1. The highest BCUT2D eigenvalue weighted by atomic mass is 32.2. The Morgan fingerprint density at radius 3 is 1.55 bits per heavy atom. The average molecular weight is 411 g/mol. The molecule has 0 amide bonds. The number of benzene rings is 4. The van der Waals surface area contributed by atoms with Crippen molar-refractivity contribution >= 4 is 34.5 Å². The molecule has 0 aliphatic heterocycles. The van der Waals surface area contributed by atoms with Crippen molar-refractivity contribution in [3.63, 3.8) is 0 Å². The Morgan fingerprint density at radius 2 is 1.03 bits per heavy atom. The van der Waals surface area contributed by atoms with Crippen LogP contribution in [0.5, 0.6) is 0 Å². The number of hydrogen-bond acceptors (Lipinski definition) is 4. The maximum absolute atomic E-state index is 4.44. The minimum atomic E-state index is -0.374. The van der Waals surface area contributed by atoms with Gasteiger partial charge in [-0.3, -0.25) is 0 Å². The molecule has 0 fully saturated rings. The molecule has 1 aromatic heterocycles. The molecule has 0 saturated carbocycles. The molecular formula is C25H18N2S2. The van der Waals surface area contributed by atoms with Gasteiger partial charge in [0.1, 0.15) is 11.0 Å². The van der Waals surface area contributed by atoms with E-state index in [0.717, 1.165) is 11.0 Å². The van der Waals surface area contributed by atoms with Crippen LogP contribution in [0.25, 0.3) is 11.0 Å². The van der Waals surface area contributed by atoms with Crippen molar-refractivity contribution in [2.45, 2.75) is 9.64 Å². The van der Waals surface area contributed by atoms with Crippen LogP contribution in [0, 0.1) is 0 Å². The number of rotatable bonds is 5. The molecule has 0 atom stereocenters. The highest BCUT2D eigenvalue weighted by Crippen LogP contribution is 2.51. The Kier molecular flexibility index (Phi) is 4.88. The first kappa shape index (κ1) is 18.1. The summed E-state index contributed by atoms with van der Waals surface area (Å²) >= 11 is 3.11. The summed E-state index contributed by atoms with van der Waals surface area (Å²) in [6.07, 6.45) is 0. The van der Waals surface area contributed by atoms with Crippen LogP contribution in [0.3, 0.4) is 0 Å². The first-order valence-electron chi connectivity index (χ1n) is 9.44. The number of aromatic nitrogens is 2. The van der Waals surface area contributed by atoms with Crippen molar-refractivity contribution in [2.24, 2.45) is 0 Å². The summed E-state index contributed by atoms with van der Waals surface area (Å²) in [5.74, 6) is 0. The van der Waals surface area contributed by atoms with Gasteiger partial charge in [-0.05, 0) is 34.9 Å². The maximum atomic E-state index is 4.44. The van der Waals surface area contributed by atoms with E-state index in [4.69, 9.17) is 0 Å². The highest BCUT2D eigenvalue weighted by Gasteiger charge is 2.37. The SMILES string of the molecule is c1ccc(C(Sc2ccc3nsnc3c2)(c2ccccc2)c2ccccc2)cc1. The molecule has 0 bridgehead atoms. The second-order valence-electron chi connectivity index (χ2n) is 6.80. The molecule has 140 valence electrons. The van der Waals surface area contributed by atoms with Gasteiger partial charge in [0.05, 0.1) is 16.5 Å². The third-order valence-electron chi connectivity index (χ3n) is 5.04. The Balaban J connectivity index is 1.77. The van der Waals surface area contributed by atoms with Gasteiger partial charge in [-0.1, -0.05) is 91.0 Å². The van der Waals surface area contributed by atoms with Crippen LogP contribution < -0.4 is 0 Å². The minimum absolute atomic E-state index is 0.374. The number of nitrogens with zero attached hydrogens (tertiary/aromatic N) is 2. The topological polar surface area (TPSA) is 25.8 Å². The Morgan fingerprint density at radius 1 is 0.552 bits per heavy atom. The zero-order chi connectivity index (χ0) is 19.5. The molecule has 0 aliphatic carbocycles. The van der Waals surface area contributed by atoms with Crippen molar-refractivity contribution in [1.29, 1.82) is 0 Å². The molecule has 2 nitrogen and oxygen atoms in total. The molecule has 0 saturated heterocycles. The van der Waals surface area contributed by atoms with Crippen LogP contribution in [0.2, 0.25) is 0 Å². The normalized spacial score (nSPS) is 11.6. The quantitative estimate of drug-likeness (QED) is 0.236. The molecule has 29 heavy (non-hydrogen) atoms. The molecular weight excluding hydrogens is 392 g/mol. The summed E-state index contributed by atoms with van der Waals surface area (Å²) in [5, 5.41) is 0. The Labute approximate surface area is 178 Å². The van der Waals surface area contributed by atoms with Crippen molar-refractivity contribution < 1.29 is 0 Å². The predicted octanol–water partition coefficient (Wildman–Crippen LogP) is 6.78. The van der Waals surface area contributed by atoms with Crippen LogP contribution in [-0.2, 0) is 4.75 Å². The molecule has 5 rings (SSSR count). The number of hydrogen-bond donors (Lipinski definition) is 0. The van der Waals surface area contributed by atoms with E-state index in [1.807, 2.05) is 11.8 Å². The first-order chi connectivity index (χ1) is 14.4. The van der Waals surface area contributed by atoms with E-state index in [-0.39, 0.29) is 4.75 Å². The van der Waals surface area contributed by atoms with E-state index in [0.29, 0.717) is 0 Å². The fraction of sp³-hybridized carbons (Fsp3) is 0.0400. The second-order valence-corrected chi connectivity index (χ2v) is 8.61. The van der Waals surface area contributed by atoms with Gasteiger partial charge in [0.2, 0.25) is 0 Å². The van der Waals surface area contributed by atoms with Crippen LogP contribution >= 0.6 is 23.5 Å². The first-order valence-corrected chi connectivity index (χ1v) is 11.0. The minimum Gasteiger partial charge on any atom is -0.173 e. The van der Waals surface area contributed by atoms with Gasteiger partial charge in [0.25, 0.3) is 0 Å². The monoisotopic (exact) mass is 410 g/mol. The molecule has 0 spiro atoms. The zero-order valence-electron chi connectivity index (χ0n) is 15.6. The summed E-state index contributed by atoms with van der Waals surface area (Å²) in [6.45, 7) is 0. The van der Waals surface area contributed by atoms with E-state index in [1.165, 1.54) is 33.3 Å².